The van der Waals surface area contributed by atoms with Gasteiger partial charge in [-0.1, -0.05) is 19.9 Å². The number of amides is 3. The molecule has 2 aromatic rings. The number of piperidine rings is 1. The number of rotatable bonds is 7. The van der Waals surface area contributed by atoms with Crippen LogP contribution in [0, 0.1) is 11.7 Å². The summed E-state index contributed by atoms with van der Waals surface area (Å²) in [5.74, 6) is -2.41. The van der Waals surface area contributed by atoms with Gasteiger partial charge >= 0.3 is 5.97 Å². The minimum absolute atomic E-state index is 0.0401. The van der Waals surface area contributed by atoms with Gasteiger partial charge < -0.3 is 25.1 Å². The molecule has 0 aromatic heterocycles. The molecule has 0 unspecified atom stereocenters. The van der Waals surface area contributed by atoms with E-state index >= 15 is 0 Å². The van der Waals surface area contributed by atoms with Gasteiger partial charge in [0.2, 0.25) is 11.8 Å². The zero-order chi connectivity index (χ0) is 28.8. The molecular weight excluding hydrogens is 515 g/mol. The molecule has 3 aliphatic rings. The Kier molecular flexibility index (Phi) is 7.29. The summed E-state index contributed by atoms with van der Waals surface area (Å²) < 4.78 is 14.6. The predicted molar refractivity (Wildman–Crippen MR) is 147 cm³/mol. The van der Waals surface area contributed by atoms with Crippen molar-refractivity contribution in [3.63, 3.8) is 0 Å². The third kappa shape index (κ3) is 5.02. The second-order valence-corrected chi connectivity index (χ2v) is 11.5. The highest BCUT2D eigenvalue weighted by molar-refractivity contribution is 5.98. The van der Waals surface area contributed by atoms with E-state index in [-0.39, 0.29) is 28.9 Å². The second-order valence-electron chi connectivity index (χ2n) is 11.5. The number of likely N-dealkylation sites (N-methyl/N-ethyl adjacent to an activating group) is 1. The highest BCUT2D eigenvalue weighted by Gasteiger charge is 2.53. The molecule has 5 rings (SSSR count). The lowest BCUT2D eigenvalue weighted by molar-refractivity contribution is -0.139. The number of hydrogen-bond donors (Lipinski definition) is 2. The van der Waals surface area contributed by atoms with Gasteiger partial charge in [-0.15, -0.1) is 0 Å². The topological polar surface area (TPSA) is 110 Å². The van der Waals surface area contributed by atoms with Crippen LogP contribution >= 0.6 is 0 Å². The van der Waals surface area contributed by atoms with E-state index in [9.17, 15) is 28.7 Å². The van der Waals surface area contributed by atoms with E-state index in [1.165, 1.54) is 18.2 Å². The van der Waals surface area contributed by atoms with Gasteiger partial charge in [-0.25, -0.2) is 9.18 Å². The monoisotopic (exact) mass is 550 g/mol. The zero-order valence-corrected chi connectivity index (χ0v) is 23.0. The summed E-state index contributed by atoms with van der Waals surface area (Å²) in [5.41, 5.74) is 0.945. The van der Waals surface area contributed by atoms with E-state index in [1.54, 1.807) is 41.1 Å². The summed E-state index contributed by atoms with van der Waals surface area (Å²) in [6, 6.07) is 10.2. The number of halogens is 1. The van der Waals surface area contributed by atoms with E-state index in [4.69, 9.17) is 0 Å². The van der Waals surface area contributed by atoms with Crippen molar-refractivity contribution in [2.45, 2.75) is 57.0 Å². The first-order valence-corrected chi connectivity index (χ1v) is 13.8. The summed E-state index contributed by atoms with van der Waals surface area (Å²) in [4.78, 5) is 56.7. The van der Waals surface area contributed by atoms with Crippen molar-refractivity contribution in [2.75, 3.05) is 31.7 Å². The van der Waals surface area contributed by atoms with Crippen molar-refractivity contribution in [3.05, 3.63) is 65.0 Å². The van der Waals surface area contributed by atoms with Crippen molar-refractivity contribution in [1.82, 2.24) is 15.1 Å². The van der Waals surface area contributed by atoms with Crippen LogP contribution in [-0.4, -0.2) is 77.0 Å². The van der Waals surface area contributed by atoms with Gasteiger partial charge in [0, 0.05) is 25.8 Å². The Balaban J connectivity index is 1.30. The predicted octanol–water partition coefficient (Wildman–Crippen LogP) is 3.45. The number of carbonyl (C=O) groups is 4. The number of nitrogens with one attached hydrogen (secondary N) is 1. The third-order valence-electron chi connectivity index (χ3n) is 8.45. The molecule has 0 radical (unpaired) electrons. The second kappa shape index (κ2) is 10.6. The fourth-order valence-electron chi connectivity index (χ4n) is 5.89. The molecule has 3 fully saturated rings. The van der Waals surface area contributed by atoms with Crippen molar-refractivity contribution in [1.29, 1.82) is 0 Å². The number of carboxylic acid groups (broad SMARTS) is 1. The Morgan fingerprint density at radius 2 is 1.70 bits per heavy atom. The maximum absolute atomic E-state index is 14.6. The van der Waals surface area contributed by atoms with E-state index in [1.807, 2.05) is 18.7 Å². The fourth-order valence-corrected chi connectivity index (χ4v) is 5.89. The first kappa shape index (κ1) is 27.6. The molecular formula is C30H35FN4O5. The standard InChI is InChI=1S/C30H35FN4O5/c1-18(2)25(32-26(36)23-16-21(19-4-5-19)8-11-24(23)31)27(37)34-14-12-30(13-15-34)29(40)33(3)17-35(30)22-9-6-20(7-10-22)28(38)39/h6-11,16,18-19,25H,4-5,12-15,17H2,1-3H3,(H,32,36)(H,38,39)/t25-/m1/s1. The average Bonchev–Trinajstić information content (AvgIpc) is 3.76. The van der Waals surface area contributed by atoms with Crippen LogP contribution in [0.3, 0.4) is 0 Å². The Labute approximate surface area is 232 Å². The lowest BCUT2D eigenvalue weighted by atomic mass is 9.85. The Morgan fingerprint density at radius 1 is 1.05 bits per heavy atom. The first-order valence-electron chi connectivity index (χ1n) is 13.8. The molecule has 40 heavy (non-hydrogen) atoms. The largest absolute Gasteiger partial charge is 0.478 e. The lowest BCUT2D eigenvalue weighted by Gasteiger charge is -2.44. The zero-order valence-electron chi connectivity index (χ0n) is 23.0. The van der Waals surface area contributed by atoms with Crippen LogP contribution in [0.5, 0.6) is 0 Å². The van der Waals surface area contributed by atoms with Crippen LogP contribution in [0.25, 0.3) is 0 Å². The normalized spacial score (nSPS) is 19.3. The molecule has 0 bridgehead atoms. The van der Waals surface area contributed by atoms with Gasteiger partial charge in [-0.05, 0) is 79.5 Å². The molecule has 9 nitrogen and oxygen atoms in total. The molecule has 10 heteroatoms. The van der Waals surface area contributed by atoms with Gasteiger partial charge in [0.05, 0.1) is 17.8 Å². The Hall–Kier alpha value is -3.95. The number of aromatic carboxylic acids is 1. The number of hydrogen-bond acceptors (Lipinski definition) is 5. The molecule has 2 aliphatic heterocycles. The molecule has 212 valence electrons. The quantitative estimate of drug-likeness (QED) is 0.547. The Bertz CT molecular complexity index is 1330. The number of benzene rings is 2. The SMILES string of the molecule is CC(C)[C@@H](NC(=O)c1cc(C2CC2)ccc1F)C(=O)N1CCC2(CC1)C(=O)N(C)CN2c1ccc(C(=O)O)cc1. The molecule has 1 atom stereocenters. The summed E-state index contributed by atoms with van der Waals surface area (Å²) in [6.07, 6.45) is 2.83. The van der Waals surface area contributed by atoms with Gasteiger partial charge in [-0.2, -0.15) is 0 Å². The van der Waals surface area contributed by atoms with E-state index in [0.29, 0.717) is 38.5 Å². The number of carbonyl (C=O) groups excluding carboxylic acids is 3. The minimum atomic E-state index is -1.02. The van der Waals surface area contributed by atoms with Crippen molar-refractivity contribution >= 4 is 29.4 Å². The van der Waals surface area contributed by atoms with Crippen molar-refractivity contribution in [3.8, 4) is 0 Å². The van der Waals surface area contributed by atoms with Crippen LogP contribution < -0.4 is 10.2 Å². The first-order chi connectivity index (χ1) is 19.0. The number of nitrogens with zero attached hydrogens (tertiary/aromatic N) is 3. The van der Waals surface area contributed by atoms with Gasteiger partial charge in [-0.3, -0.25) is 14.4 Å². The van der Waals surface area contributed by atoms with Crippen LogP contribution in [0.2, 0.25) is 0 Å². The molecule has 2 N–H and O–H groups in total. The average molecular weight is 551 g/mol. The van der Waals surface area contributed by atoms with Crippen LogP contribution in [0.4, 0.5) is 10.1 Å². The Morgan fingerprint density at radius 3 is 2.27 bits per heavy atom. The number of anilines is 1. The maximum Gasteiger partial charge on any atom is 0.335 e. The van der Waals surface area contributed by atoms with Gasteiger partial charge in [0.25, 0.3) is 5.91 Å². The highest BCUT2D eigenvalue weighted by Crippen LogP contribution is 2.41. The molecule has 1 saturated carbocycles. The number of carboxylic acids is 1. The van der Waals surface area contributed by atoms with E-state index < -0.39 is 29.3 Å². The molecule has 2 saturated heterocycles. The van der Waals surface area contributed by atoms with Gasteiger partial charge in [0.1, 0.15) is 17.4 Å². The summed E-state index contributed by atoms with van der Waals surface area (Å²) >= 11 is 0. The van der Waals surface area contributed by atoms with Gasteiger partial charge in [0.15, 0.2) is 0 Å². The minimum Gasteiger partial charge on any atom is -0.478 e. The van der Waals surface area contributed by atoms with Crippen molar-refractivity contribution < 1.29 is 28.7 Å². The molecule has 2 heterocycles. The molecule has 1 aliphatic carbocycles. The molecule has 3 amide bonds. The van der Waals surface area contributed by atoms with Crippen LogP contribution in [0.15, 0.2) is 42.5 Å². The molecule has 1 spiro atoms. The summed E-state index contributed by atoms with van der Waals surface area (Å²) in [5, 5.41) is 12.0. The maximum atomic E-state index is 14.6. The van der Waals surface area contributed by atoms with Crippen molar-refractivity contribution in [2.24, 2.45) is 5.92 Å². The third-order valence-corrected chi connectivity index (χ3v) is 8.45. The molecule has 2 aromatic carbocycles. The smallest absolute Gasteiger partial charge is 0.335 e. The van der Waals surface area contributed by atoms with Crippen LogP contribution in [-0.2, 0) is 9.59 Å². The van der Waals surface area contributed by atoms with E-state index in [2.05, 4.69) is 5.32 Å². The summed E-state index contributed by atoms with van der Waals surface area (Å²) in [7, 11) is 1.73. The summed E-state index contributed by atoms with van der Waals surface area (Å²) in [6.45, 7) is 4.65. The number of likely N-dealkylation sites (tertiary alicyclic amines) is 1. The fraction of sp³-hybridized carbons (Fsp3) is 0.467. The highest BCUT2D eigenvalue weighted by atomic mass is 19.1. The van der Waals surface area contributed by atoms with E-state index in [0.717, 1.165) is 24.1 Å². The van der Waals surface area contributed by atoms with Crippen LogP contribution in [0.1, 0.15) is 71.7 Å². The lowest BCUT2D eigenvalue weighted by Crippen LogP contribution is -2.60.